The quantitative estimate of drug-likeness (QED) is 0.349. The van der Waals surface area contributed by atoms with Crippen LogP contribution in [0.15, 0.2) is 47.6 Å². The Labute approximate surface area is 186 Å². The van der Waals surface area contributed by atoms with Crippen molar-refractivity contribution in [3.05, 3.63) is 53.9 Å². The highest BCUT2D eigenvalue weighted by molar-refractivity contribution is 14.0. The van der Waals surface area contributed by atoms with E-state index in [1.165, 1.54) is 0 Å². The number of aryl methyl sites for hydroxylation is 1. The van der Waals surface area contributed by atoms with E-state index >= 15 is 0 Å². The lowest BCUT2D eigenvalue weighted by Gasteiger charge is -2.22. The predicted molar refractivity (Wildman–Crippen MR) is 121 cm³/mol. The van der Waals surface area contributed by atoms with Gasteiger partial charge in [-0.3, -0.25) is 9.98 Å². The van der Waals surface area contributed by atoms with Gasteiger partial charge in [0.15, 0.2) is 5.96 Å². The zero-order valence-electron chi connectivity index (χ0n) is 16.4. The molecule has 3 rings (SSSR count). The van der Waals surface area contributed by atoms with Crippen molar-refractivity contribution < 1.29 is 13.5 Å². The van der Waals surface area contributed by atoms with Crippen molar-refractivity contribution in [2.24, 2.45) is 4.99 Å². The van der Waals surface area contributed by atoms with Gasteiger partial charge in [0.2, 0.25) is 0 Å². The standard InChI is InChI=1S/C20H25F2N5O.HI/c1-14-6-5-10-24-16(14)12-25-20(23-2)26-15-9-11-27(13-15)17-7-3-4-8-18(17)28-19(21)22;/h3-8,10,15,19H,9,11-13H2,1-2H3,(H2,23,25,26);1H. The molecule has 0 aliphatic carbocycles. The Morgan fingerprint density at radius 3 is 2.83 bits per heavy atom. The van der Waals surface area contributed by atoms with Gasteiger partial charge in [0, 0.05) is 32.4 Å². The molecule has 1 saturated heterocycles. The van der Waals surface area contributed by atoms with E-state index in [1.807, 2.05) is 30.0 Å². The monoisotopic (exact) mass is 517 g/mol. The Morgan fingerprint density at radius 1 is 1.31 bits per heavy atom. The number of hydrogen-bond donors (Lipinski definition) is 2. The molecule has 9 heteroatoms. The summed E-state index contributed by atoms with van der Waals surface area (Å²) in [4.78, 5) is 10.7. The number of anilines is 1. The first-order valence-corrected chi connectivity index (χ1v) is 9.23. The van der Waals surface area contributed by atoms with Crippen LogP contribution in [0, 0.1) is 6.92 Å². The van der Waals surface area contributed by atoms with Gasteiger partial charge in [-0.05, 0) is 37.1 Å². The van der Waals surface area contributed by atoms with Gasteiger partial charge in [0.25, 0.3) is 0 Å². The number of aliphatic imine (C=N–C) groups is 1. The summed E-state index contributed by atoms with van der Waals surface area (Å²) in [5.41, 5.74) is 2.77. The Bertz CT molecular complexity index is 821. The number of aromatic nitrogens is 1. The summed E-state index contributed by atoms with van der Waals surface area (Å²) in [6.07, 6.45) is 2.64. The summed E-state index contributed by atoms with van der Waals surface area (Å²) < 4.78 is 30.0. The normalized spacial score (nSPS) is 16.5. The summed E-state index contributed by atoms with van der Waals surface area (Å²) in [6.45, 7) is 1.18. The molecule has 0 bridgehead atoms. The van der Waals surface area contributed by atoms with E-state index in [9.17, 15) is 8.78 Å². The third-order valence-corrected chi connectivity index (χ3v) is 4.72. The van der Waals surface area contributed by atoms with Crippen LogP contribution in [0.25, 0.3) is 0 Å². The molecule has 0 spiro atoms. The number of ether oxygens (including phenoxy) is 1. The first-order valence-electron chi connectivity index (χ1n) is 9.23. The van der Waals surface area contributed by atoms with Crippen LogP contribution in [-0.4, -0.2) is 43.7 Å². The molecule has 2 heterocycles. The first-order chi connectivity index (χ1) is 13.6. The maximum atomic E-state index is 12.7. The fourth-order valence-corrected chi connectivity index (χ4v) is 3.27. The number of rotatable bonds is 6. The van der Waals surface area contributed by atoms with E-state index in [2.05, 4.69) is 25.3 Å². The van der Waals surface area contributed by atoms with Gasteiger partial charge in [-0.1, -0.05) is 18.2 Å². The summed E-state index contributed by atoms with van der Waals surface area (Å²) in [5.74, 6) is 0.889. The number of benzene rings is 1. The van der Waals surface area contributed by atoms with Crippen LogP contribution in [-0.2, 0) is 6.54 Å². The Balaban J connectivity index is 0.00000300. The number of nitrogens with one attached hydrogen (secondary N) is 2. The minimum atomic E-state index is -2.84. The molecule has 1 aromatic carbocycles. The minimum Gasteiger partial charge on any atom is -0.433 e. The lowest BCUT2D eigenvalue weighted by molar-refractivity contribution is -0.0495. The highest BCUT2D eigenvalue weighted by Crippen LogP contribution is 2.31. The molecule has 1 atom stereocenters. The highest BCUT2D eigenvalue weighted by Gasteiger charge is 2.26. The molecule has 2 N–H and O–H groups in total. The topological polar surface area (TPSA) is 61.8 Å². The molecule has 158 valence electrons. The molecular formula is C20H26F2IN5O. The molecule has 0 radical (unpaired) electrons. The van der Waals surface area contributed by atoms with Gasteiger partial charge < -0.3 is 20.3 Å². The second-order valence-electron chi connectivity index (χ2n) is 6.61. The number of para-hydroxylation sites is 2. The largest absolute Gasteiger partial charge is 0.433 e. The molecule has 2 aromatic rings. The Hall–Kier alpha value is -2.17. The Kier molecular flexibility index (Phi) is 8.87. The van der Waals surface area contributed by atoms with Crippen molar-refractivity contribution >= 4 is 35.6 Å². The average molecular weight is 517 g/mol. The van der Waals surface area contributed by atoms with E-state index < -0.39 is 6.61 Å². The number of nitrogens with zero attached hydrogens (tertiary/aromatic N) is 3. The second kappa shape index (κ2) is 11.1. The van der Waals surface area contributed by atoms with Gasteiger partial charge in [-0.15, -0.1) is 24.0 Å². The minimum absolute atomic E-state index is 0. The molecule has 1 aliphatic rings. The zero-order chi connectivity index (χ0) is 19.9. The van der Waals surface area contributed by atoms with Crippen molar-refractivity contribution in [3.63, 3.8) is 0 Å². The average Bonchev–Trinajstić information content (AvgIpc) is 3.14. The molecule has 6 nitrogen and oxygen atoms in total. The number of hydrogen-bond acceptors (Lipinski definition) is 4. The smallest absolute Gasteiger partial charge is 0.387 e. The predicted octanol–water partition coefficient (Wildman–Crippen LogP) is 3.55. The van der Waals surface area contributed by atoms with Gasteiger partial charge in [-0.2, -0.15) is 8.78 Å². The van der Waals surface area contributed by atoms with E-state index in [0.717, 1.165) is 24.2 Å². The van der Waals surface area contributed by atoms with Gasteiger partial charge in [-0.25, -0.2) is 0 Å². The SMILES string of the molecule is CN=C(NCc1ncccc1C)NC1CCN(c2ccccc2OC(F)F)C1.I. The van der Waals surface area contributed by atoms with Crippen molar-refractivity contribution in [1.29, 1.82) is 0 Å². The summed E-state index contributed by atoms with van der Waals surface area (Å²) in [7, 11) is 1.72. The fourth-order valence-electron chi connectivity index (χ4n) is 3.27. The molecule has 1 unspecified atom stereocenters. The molecule has 0 saturated carbocycles. The summed E-state index contributed by atoms with van der Waals surface area (Å²) in [5, 5.41) is 6.68. The van der Waals surface area contributed by atoms with Crippen molar-refractivity contribution in [3.8, 4) is 5.75 Å². The molecule has 1 aliphatic heterocycles. The second-order valence-corrected chi connectivity index (χ2v) is 6.61. The van der Waals surface area contributed by atoms with Crippen LogP contribution in [0.5, 0.6) is 5.75 Å². The van der Waals surface area contributed by atoms with Gasteiger partial charge in [0.1, 0.15) is 5.75 Å². The van der Waals surface area contributed by atoms with Crippen LogP contribution in [0.1, 0.15) is 17.7 Å². The number of halogens is 3. The maximum Gasteiger partial charge on any atom is 0.387 e. The van der Waals surface area contributed by atoms with Gasteiger partial charge in [0.05, 0.1) is 17.9 Å². The Morgan fingerprint density at radius 2 is 2.10 bits per heavy atom. The third kappa shape index (κ3) is 6.41. The number of alkyl halides is 2. The summed E-state index contributed by atoms with van der Waals surface area (Å²) >= 11 is 0. The fraction of sp³-hybridized carbons (Fsp3) is 0.400. The summed E-state index contributed by atoms with van der Waals surface area (Å²) in [6, 6.07) is 11.0. The number of pyridine rings is 1. The van der Waals surface area contributed by atoms with Crippen LogP contribution >= 0.6 is 24.0 Å². The maximum absolute atomic E-state index is 12.7. The highest BCUT2D eigenvalue weighted by atomic mass is 127. The first kappa shape index (κ1) is 23.1. The molecule has 1 aromatic heterocycles. The van der Waals surface area contributed by atoms with Crippen LogP contribution in [0.3, 0.4) is 0 Å². The third-order valence-electron chi connectivity index (χ3n) is 4.72. The van der Waals surface area contributed by atoms with E-state index in [4.69, 9.17) is 0 Å². The molecular weight excluding hydrogens is 491 g/mol. The van der Waals surface area contributed by atoms with Crippen molar-refractivity contribution in [2.45, 2.75) is 32.5 Å². The van der Waals surface area contributed by atoms with Crippen LogP contribution in [0.4, 0.5) is 14.5 Å². The molecule has 29 heavy (non-hydrogen) atoms. The van der Waals surface area contributed by atoms with E-state index in [0.29, 0.717) is 24.7 Å². The van der Waals surface area contributed by atoms with Crippen molar-refractivity contribution in [2.75, 3.05) is 25.0 Å². The number of guanidine groups is 1. The molecule has 0 amide bonds. The van der Waals surface area contributed by atoms with Gasteiger partial charge >= 0.3 is 6.61 Å². The van der Waals surface area contributed by atoms with E-state index in [1.54, 1.807) is 31.4 Å². The zero-order valence-corrected chi connectivity index (χ0v) is 18.8. The van der Waals surface area contributed by atoms with E-state index in [-0.39, 0.29) is 35.8 Å². The lowest BCUT2D eigenvalue weighted by Crippen LogP contribution is -2.44. The van der Waals surface area contributed by atoms with Crippen molar-refractivity contribution in [1.82, 2.24) is 15.6 Å². The lowest BCUT2D eigenvalue weighted by atomic mass is 10.2. The van der Waals surface area contributed by atoms with Crippen LogP contribution < -0.4 is 20.3 Å². The molecule has 1 fully saturated rings. The van der Waals surface area contributed by atoms with Crippen LogP contribution in [0.2, 0.25) is 0 Å².